The van der Waals surface area contributed by atoms with Crippen molar-refractivity contribution in [2.75, 3.05) is 42.2 Å². The van der Waals surface area contributed by atoms with Crippen molar-refractivity contribution in [3.63, 3.8) is 0 Å². The van der Waals surface area contributed by atoms with E-state index in [-0.39, 0.29) is 10.8 Å². The molecule has 1 aliphatic rings. The van der Waals surface area contributed by atoms with Gasteiger partial charge in [0.1, 0.15) is 11.5 Å². The van der Waals surface area contributed by atoms with E-state index in [1.807, 2.05) is 0 Å². The number of sulfonamides is 1. The van der Waals surface area contributed by atoms with Gasteiger partial charge in [-0.2, -0.15) is 0 Å². The van der Waals surface area contributed by atoms with Gasteiger partial charge in [0.15, 0.2) is 0 Å². The van der Waals surface area contributed by atoms with Crippen molar-refractivity contribution in [2.24, 2.45) is 0 Å². The number of carbonyl (C=O) groups excluding carboxylic acids is 1. The quantitative estimate of drug-likeness (QED) is 0.496. The van der Waals surface area contributed by atoms with Crippen molar-refractivity contribution in [3.8, 4) is 11.5 Å². The Bertz CT molecular complexity index is 1270. The van der Waals surface area contributed by atoms with E-state index in [2.05, 4.69) is 14.9 Å². The molecule has 0 aliphatic carbocycles. The second-order valence-corrected chi connectivity index (χ2v) is 9.58. The molecule has 1 aliphatic heterocycles. The summed E-state index contributed by atoms with van der Waals surface area (Å²) in [7, 11) is -0.809. The Morgan fingerprint density at radius 3 is 2.26 bits per heavy atom. The topological polar surface area (TPSA) is 97.0 Å². The smallest absolute Gasteiger partial charge is 0.261 e. The van der Waals surface area contributed by atoms with Crippen molar-refractivity contribution in [3.05, 3.63) is 72.3 Å². The summed E-state index contributed by atoms with van der Waals surface area (Å²) >= 11 is 0. The fourth-order valence-corrected chi connectivity index (χ4v) is 4.93. The minimum absolute atomic E-state index is 0.0483. The molecule has 34 heavy (non-hydrogen) atoms. The highest BCUT2D eigenvalue weighted by Crippen LogP contribution is 2.32. The maximum atomic E-state index is 13.1. The molecule has 1 heterocycles. The molecule has 1 fully saturated rings. The van der Waals surface area contributed by atoms with Gasteiger partial charge in [0.25, 0.3) is 15.9 Å². The molecule has 0 saturated carbocycles. The molecular weight excluding hydrogens is 454 g/mol. The van der Waals surface area contributed by atoms with Gasteiger partial charge in [-0.15, -0.1) is 0 Å². The normalized spacial score (nSPS) is 13.4. The summed E-state index contributed by atoms with van der Waals surface area (Å²) in [5, 5.41) is 2.90. The summed E-state index contributed by atoms with van der Waals surface area (Å²) in [6, 6.07) is 18.2. The first kappa shape index (κ1) is 23.4. The monoisotopic (exact) mass is 481 g/mol. The zero-order valence-corrected chi connectivity index (χ0v) is 19.9. The van der Waals surface area contributed by atoms with Crippen molar-refractivity contribution >= 4 is 33.0 Å². The number of ether oxygens (including phenoxy) is 2. The van der Waals surface area contributed by atoms with E-state index >= 15 is 0 Å². The SMILES string of the molecule is COc1ccc(NS(=O)(=O)c2ccc(N3CCCC3)c(NC(=O)c3cccc(OC)c3)c2)cc1. The van der Waals surface area contributed by atoms with E-state index in [1.54, 1.807) is 67.8 Å². The van der Waals surface area contributed by atoms with Gasteiger partial charge < -0.3 is 19.7 Å². The number of carbonyl (C=O) groups is 1. The molecular formula is C25H27N3O5S. The third-order valence-electron chi connectivity index (χ3n) is 5.65. The molecule has 4 rings (SSSR count). The van der Waals surface area contributed by atoms with Crippen LogP contribution in [0.15, 0.2) is 71.6 Å². The maximum Gasteiger partial charge on any atom is 0.261 e. The van der Waals surface area contributed by atoms with Crippen LogP contribution in [0.25, 0.3) is 0 Å². The predicted molar refractivity (Wildman–Crippen MR) is 133 cm³/mol. The summed E-state index contributed by atoms with van der Waals surface area (Å²) in [6.07, 6.45) is 2.09. The number of amides is 1. The molecule has 0 unspecified atom stereocenters. The Morgan fingerprint density at radius 1 is 0.882 bits per heavy atom. The molecule has 0 aromatic heterocycles. The fourth-order valence-electron chi connectivity index (χ4n) is 3.85. The van der Waals surface area contributed by atoms with E-state index < -0.39 is 10.0 Å². The molecule has 9 heteroatoms. The summed E-state index contributed by atoms with van der Waals surface area (Å²) < 4.78 is 39.1. The van der Waals surface area contributed by atoms with Crippen LogP contribution in [0.1, 0.15) is 23.2 Å². The van der Waals surface area contributed by atoms with Crippen LogP contribution in [0.2, 0.25) is 0 Å². The van der Waals surface area contributed by atoms with E-state index in [9.17, 15) is 13.2 Å². The number of rotatable bonds is 8. The van der Waals surface area contributed by atoms with Crippen LogP contribution < -0.4 is 24.4 Å². The number of nitrogens with one attached hydrogen (secondary N) is 2. The van der Waals surface area contributed by atoms with Gasteiger partial charge >= 0.3 is 0 Å². The van der Waals surface area contributed by atoms with Crippen LogP contribution in [0, 0.1) is 0 Å². The maximum absolute atomic E-state index is 13.1. The lowest BCUT2D eigenvalue weighted by Gasteiger charge is -2.22. The highest BCUT2D eigenvalue weighted by atomic mass is 32.2. The minimum atomic E-state index is -3.89. The molecule has 3 aromatic carbocycles. The highest BCUT2D eigenvalue weighted by molar-refractivity contribution is 7.92. The Hall–Kier alpha value is -3.72. The number of methoxy groups -OCH3 is 2. The van der Waals surface area contributed by atoms with Gasteiger partial charge in [-0.1, -0.05) is 6.07 Å². The zero-order valence-electron chi connectivity index (χ0n) is 19.1. The van der Waals surface area contributed by atoms with Gasteiger partial charge in [0.05, 0.1) is 30.5 Å². The molecule has 1 amide bonds. The van der Waals surface area contributed by atoms with Crippen LogP contribution in [-0.4, -0.2) is 41.6 Å². The number of nitrogens with zero attached hydrogens (tertiary/aromatic N) is 1. The summed E-state index contributed by atoms with van der Waals surface area (Å²) in [4.78, 5) is 15.2. The summed E-state index contributed by atoms with van der Waals surface area (Å²) in [5.74, 6) is 0.838. The first-order chi connectivity index (χ1) is 16.4. The molecule has 2 N–H and O–H groups in total. The number of hydrogen-bond donors (Lipinski definition) is 2. The average molecular weight is 482 g/mol. The van der Waals surface area contributed by atoms with E-state index in [1.165, 1.54) is 13.2 Å². The number of hydrogen-bond acceptors (Lipinski definition) is 6. The lowest BCUT2D eigenvalue weighted by atomic mass is 10.2. The molecule has 178 valence electrons. The van der Waals surface area contributed by atoms with Gasteiger partial charge in [0, 0.05) is 24.3 Å². The van der Waals surface area contributed by atoms with Gasteiger partial charge in [-0.3, -0.25) is 9.52 Å². The Labute approximate surface area is 199 Å². The fraction of sp³-hybridized carbons (Fsp3) is 0.240. The van der Waals surface area contributed by atoms with Crippen LogP contribution in [-0.2, 0) is 10.0 Å². The number of anilines is 3. The third kappa shape index (κ3) is 5.26. The number of benzene rings is 3. The Kier molecular flexibility index (Phi) is 6.93. The average Bonchev–Trinajstić information content (AvgIpc) is 3.39. The molecule has 1 saturated heterocycles. The van der Waals surface area contributed by atoms with Gasteiger partial charge in [0.2, 0.25) is 0 Å². The van der Waals surface area contributed by atoms with Crippen molar-refractivity contribution in [1.29, 1.82) is 0 Å². The van der Waals surface area contributed by atoms with E-state index in [4.69, 9.17) is 9.47 Å². The van der Waals surface area contributed by atoms with Crippen molar-refractivity contribution in [1.82, 2.24) is 0 Å². The third-order valence-corrected chi connectivity index (χ3v) is 7.03. The molecule has 3 aromatic rings. The van der Waals surface area contributed by atoms with Crippen LogP contribution in [0.4, 0.5) is 17.1 Å². The molecule has 0 radical (unpaired) electrons. The lowest BCUT2D eigenvalue weighted by Crippen LogP contribution is -2.22. The minimum Gasteiger partial charge on any atom is -0.497 e. The second kappa shape index (κ2) is 10.0. The van der Waals surface area contributed by atoms with Crippen LogP contribution in [0.3, 0.4) is 0 Å². The molecule has 0 atom stereocenters. The predicted octanol–water partition coefficient (Wildman–Crippen LogP) is 4.36. The first-order valence-electron chi connectivity index (χ1n) is 10.9. The van der Waals surface area contributed by atoms with Crippen molar-refractivity contribution in [2.45, 2.75) is 17.7 Å². The second-order valence-electron chi connectivity index (χ2n) is 7.89. The highest BCUT2D eigenvalue weighted by Gasteiger charge is 2.22. The van der Waals surface area contributed by atoms with Crippen LogP contribution >= 0.6 is 0 Å². The Morgan fingerprint density at radius 2 is 1.59 bits per heavy atom. The molecule has 8 nitrogen and oxygen atoms in total. The molecule has 0 bridgehead atoms. The van der Waals surface area contributed by atoms with Gasteiger partial charge in [-0.25, -0.2) is 8.42 Å². The standard InChI is InChI=1S/C25H27N3O5S/c1-32-20-10-8-19(9-11-20)27-34(30,31)22-12-13-24(28-14-3-4-15-28)23(17-22)26-25(29)18-6-5-7-21(16-18)33-2/h5-13,16-17,27H,3-4,14-15H2,1-2H3,(H,26,29). The molecule has 0 spiro atoms. The van der Waals surface area contributed by atoms with E-state index in [0.717, 1.165) is 31.6 Å². The van der Waals surface area contributed by atoms with E-state index in [0.29, 0.717) is 28.4 Å². The lowest BCUT2D eigenvalue weighted by molar-refractivity contribution is 0.102. The summed E-state index contributed by atoms with van der Waals surface area (Å²) in [6.45, 7) is 1.69. The zero-order chi connectivity index (χ0) is 24.1. The first-order valence-corrected chi connectivity index (χ1v) is 12.4. The summed E-state index contributed by atoms with van der Waals surface area (Å²) in [5.41, 5.74) is 2.05. The van der Waals surface area contributed by atoms with Crippen LogP contribution in [0.5, 0.6) is 11.5 Å². The Balaban J connectivity index is 1.65. The van der Waals surface area contributed by atoms with Gasteiger partial charge in [-0.05, 0) is 73.5 Å². The largest absolute Gasteiger partial charge is 0.497 e. The van der Waals surface area contributed by atoms with Crippen molar-refractivity contribution < 1.29 is 22.7 Å².